The minimum atomic E-state index is -7.22. The van der Waals surface area contributed by atoms with Crippen molar-refractivity contribution >= 4 is 49.9 Å². The second-order valence-corrected chi connectivity index (χ2v) is 12.9. The maximum atomic E-state index is 15.4. The van der Waals surface area contributed by atoms with Crippen LogP contribution >= 0.6 is 15.9 Å². The van der Waals surface area contributed by atoms with Gasteiger partial charge in [-0.3, -0.25) is 0 Å². The Kier molecular flexibility index (Phi) is 13.9. The summed E-state index contributed by atoms with van der Waals surface area (Å²) in [6.07, 6.45) is -2.13. The molecule has 6 rings (SSSR count). The van der Waals surface area contributed by atoms with Crippen LogP contribution in [0.2, 0.25) is 0 Å². The number of esters is 1. The monoisotopic (exact) mass is 986 g/mol. The van der Waals surface area contributed by atoms with Crippen LogP contribution < -0.4 is 26.4 Å². The molecule has 0 amide bonds. The van der Waals surface area contributed by atoms with Crippen molar-refractivity contribution in [1.29, 1.82) is 0 Å². The zero-order chi connectivity index (χ0) is 47.2. The normalized spacial score (nSPS) is 11.4. The first-order valence-corrected chi connectivity index (χ1v) is 17.5. The first kappa shape index (κ1) is 47.8. The highest BCUT2D eigenvalue weighted by Gasteiger charge is 2.52. The van der Waals surface area contributed by atoms with E-state index in [4.69, 9.17) is 4.74 Å². The number of rotatable bonds is 8. The van der Waals surface area contributed by atoms with Gasteiger partial charge < -0.3 is 4.74 Å². The molecule has 0 spiro atoms. The highest BCUT2D eigenvalue weighted by atomic mass is 79.9. The number of alkyl halides is 1. The lowest BCUT2D eigenvalue weighted by Gasteiger charge is -2.44. The SMILES string of the molecule is Fc1c(F)c(F)c([B-](c2c(F)c(F)c(F)c(F)c2F)(c2c(F)c(F)c(F)c(F)c2F)c2c(F)c(F)c(F)c(F)c2F)c(F)c1F.O=C(OCBr)c1c[n+](Cc2ccccc2)ccn1. The molecule has 0 aliphatic heterocycles. The zero-order valence-corrected chi connectivity index (χ0v) is 31.3. The molecule has 0 radical (unpaired) electrons. The third-order valence-electron chi connectivity index (χ3n) is 9.07. The van der Waals surface area contributed by atoms with E-state index in [1.165, 1.54) is 0 Å². The third-order valence-corrected chi connectivity index (χ3v) is 9.30. The van der Waals surface area contributed by atoms with E-state index in [1.54, 1.807) is 12.4 Å². The van der Waals surface area contributed by atoms with Crippen LogP contribution in [-0.4, -0.2) is 22.6 Å². The molecular formula is C37H12BBrF20N2O2. The first-order chi connectivity index (χ1) is 29.5. The summed E-state index contributed by atoms with van der Waals surface area (Å²) < 4.78 is 301. The number of benzene rings is 5. The predicted octanol–water partition coefficient (Wildman–Crippen LogP) is 7.77. The molecule has 26 heteroatoms. The van der Waals surface area contributed by atoms with Crippen LogP contribution in [-0.2, 0) is 11.3 Å². The van der Waals surface area contributed by atoms with E-state index in [1.807, 2.05) is 41.1 Å². The standard InChI is InChI=1S/C24BF20.C13H12BrN2O2/c26-5-1(6(27)14(35)21(42)13(5)34)25(2-7(28)15(36)22(43)16(37)8(2)29,3-9(30)17(38)23(44)18(39)10(3)31)4-11(32)19(40)24(45)20(41)12(4)33;14-10-18-13(17)12-9-16(7-6-15-12)8-11-4-2-1-3-5-11/h;1-7,9H,8,10H2/q-1;+1. The van der Waals surface area contributed by atoms with Crippen molar-refractivity contribution in [2.24, 2.45) is 0 Å². The topological polar surface area (TPSA) is 43.1 Å². The summed E-state index contributed by atoms with van der Waals surface area (Å²) >= 11 is 3.04. The Morgan fingerprint density at radius 1 is 0.476 bits per heavy atom. The fourth-order valence-electron chi connectivity index (χ4n) is 6.43. The molecule has 0 fully saturated rings. The lowest BCUT2D eigenvalue weighted by Crippen LogP contribution is -2.81. The van der Waals surface area contributed by atoms with Crippen LogP contribution in [0.15, 0.2) is 48.9 Å². The van der Waals surface area contributed by atoms with Gasteiger partial charge in [0.1, 0.15) is 58.2 Å². The van der Waals surface area contributed by atoms with Gasteiger partial charge in [0.05, 0.1) is 6.20 Å². The average molecular weight is 987 g/mol. The van der Waals surface area contributed by atoms with E-state index >= 15 is 35.1 Å². The van der Waals surface area contributed by atoms with Crippen LogP contribution in [0.3, 0.4) is 0 Å². The number of carbonyl (C=O) groups excluding carboxylic acids is 1. The highest BCUT2D eigenvalue weighted by Crippen LogP contribution is 2.30. The molecule has 0 aliphatic carbocycles. The van der Waals surface area contributed by atoms with Gasteiger partial charge in [-0.15, -0.1) is 21.9 Å². The van der Waals surface area contributed by atoms with E-state index in [2.05, 4.69) is 20.9 Å². The van der Waals surface area contributed by atoms with Gasteiger partial charge in [-0.1, -0.05) is 30.3 Å². The van der Waals surface area contributed by atoms with Crippen molar-refractivity contribution in [2.45, 2.75) is 6.54 Å². The van der Waals surface area contributed by atoms with Gasteiger partial charge in [0.25, 0.3) is 0 Å². The average Bonchev–Trinajstić information content (AvgIpc) is 3.27. The Bertz CT molecular complexity index is 2440. The molecule has 332 valence electrons. The molecule has 0 N–H and O–H groups in total. The van der Waals surface area contributed by atoms with Crippen molar-refractivity contribution in [1.82, 2.24) is 4.98 Å². The van der Waals surface area contributed by atoms with Crippen molar-refractivity contribution in [3.05, 3.63) is 177 Å². The van der Waals surface area contributed by atoms with Crippen LogP contribution in [0.5, 0.6) is 0 Å². The Balaban J connectivity index is 0.000000345. The molecule has 0 saturated heterocycles. The largest absolute Gasteiger partial charge is 0.449 e. The Morgan fingerprint density at radius 3 is 1.05 bits per heavy atom. The molecule has 63 heavy (non-hydrogen) atoms. The molecule has 0 aliphatic rings. The van der Waals surface area contributed by atoms with Crippen molar-refractivity contribution in [3.63, 3.8) is 0 Å². The fraction of sp³-hybridized carbons (Fsp3) is 0.0541. The lowest BCUT2D eigenvalue weighted by atomic mass is 9.12. The Labute approximate surface area is 345 Å². The molecule has 0 unspecified atom stereocenters. The van der Waals surface area contributed by atoms with Gasteiger partial charge in [-0.25, -0.2) is 97.6 Å². The Hall–Kier alpha value is -6.21. The van der Waals surface area contributed by atoms with E-state index in [9.17, 15) is 57.5 Å². The predicted molar refractivity (Wildman–Crippen MR) is 178 cm³/mol. The van der Waals surface area contributed by atoms with Crippen LogP contribution in [0.25, 0.3) is 0 Å². The molecule has 6 aromatic rings. The van der Waals surface area contributed by atoms with Crippen LogP contribution in [0.4, 0.5) is 87.8 Å². The number of hydrogen-bond acceptors (Lipinski definition) is 3. The number of aromatic nitrogens is 2. The molecule has 1 heterocycles. The fourth-order valence-corrected chi connectivity index (χ4v) is 6.64. The number of hydrogen-bond donors (Lipinski definition) is 0. The molecular weight excluding hydrogens is 975 g/mol. The quantitative estimate of drug-likeness (QED) is 0.0298. The van der Waals surface area contributed by atoms with Crippen molar-refractivity contribution in [2.75, 3.05) is 5.52 Å². The van der Waals surface area contributed by atoms with Gasteiger partial charge in [0.15, 0.2) is 82.5 Å². The summed E-state index contributed by atoms with van der Waals surface area (Å²) in [5.74, 6) is -71.8. The molecule has 4 nitrogen and oxygen atoms in total. The maximum absolute atomic E-state index is 15.4. The first-order valence-electron chi connectivity index (χ1n) is 16.3. The van der Waals surface area contributed by atoms with E-state index in [-0.39, 0.29) is 5.52 Å². The second kappa shape index (κ2) is 18.3. The third kappa shape index (κ3) is 7.92. The number of ether oxygens (including phenoxy) is 1. The van der Waals surface area contributed by atoms with Crippen LogP contribution in [0.1, 0.15) is 16.1 Å². The Morgan fingerprint density at radius 2 is 0.762 bits per heavy atom. The maximum Gasteiger partial charge on any atom is 0.364 e. The summed E-state index contributed by atoms with van der Waals surface area (Å²) in [6, 6.07) is 10.0. The number of halogens is 21. The molecule has 5 aromatic carbocycles. The van der Waals surface area contributed by atoms with Crippen molar-refractivity contribution < 1.29 is 102 Å². The highest BCUT2D eigenvalue weighted by molar-refractivity contribution is 9.09. The molecule has 0 saturated carbocycles. The number of nitrogens with zero attached hydrogens (tertiary/aromatic N) is 2. The van der Waals surface area contributed by atoms with Gasteiger partial charge in [0, 0.05) is 5.56 Å². The summed E-state index contributed by atoms with van der Waals surface area (Å²) in [7, 11) is 0. The summed E-state index contributed by atoms with van der Waals surface area (Å²) in [4.78, 5) is 15.5. The van der Waals surface area contributed by atoms with Crippen molar-refractivity contribution in [3.8, 4) is 0 Å². The molecule has 0 atom stereocenters. The van der Waals surface area contributed by atoms with Gasteiger partial charge in [-0.2, -0.15) is 4.57 Å². The van der Waals surface area contributed by atoms with Gasteiger partial charge >= 0.3 is 5.97 Å². The summed E-state index contributed by atoms with van der Waals surface area (Å²) in [5.41, 5.74) is -12.7. The van der Waals surface area contributed by atoms with Gasteiger partial charge in [-0.05, 0) is 15.9 Å². The zero-order valence-electron chi connectivity index (χ0n) is 29.8. The van der Waals surface area contributed by atoms with Gasteiger partial charge in [0.2, 0.25) is 11.9 Å². The summed E-state index contributed by atoms with van der Waals surface area (Å²) in [5, 5.41) is 0. The minimum absolute atomic E-state index is 0.168. The van der Waals surface area contributed by atoms with Crippen LogP contribution in [0, 0.1) is 116 Å². The minimum Gasteiger partial charge on any atom is -0.449 e. The smallest absolute Gasteiger partial charge is 0.364 e. The number of carbonyl (C=O) groups is 1. The van der Waals surface area contributed by atoms with E-state index in [0.717, 1.165) is 5.56 Å². The molecule has 1 aromatic heterocycles. The molecule has 0 bridgehead atoms. The van der Waals surface area contributed by atoms with E-state index in [0.29, 0.717) is 12.2 Å². The lowest BCUT2D eigenvalue weighted by molar-refractivity contribution is -0.689. The summed E-state index contributed by atoms with van der Waals surface area (Å²) in [6.45, 7) is 0.692. The second-order valence-electron chi connectivity index (χ2n) is 12.4. The van der Waals surface area contributed by atoms with E-state index < -0.39 is 150 Å².